The minimum Gasteiger partial charge on any atom is -0.469 e. The van der Waals surface area contributed by atoms with Gasteiger partial charge in [0.2, 0.25) is 5.60 Å². The first-order chi connectivity index (χ1) is 11.8. The number of carbonyl (C=O) groups is 2. The number of hydrogen-bond donors (Lipinski definition) is 1. The van der Waals surface area contributed by atoms with Gasteiger partial charge in [-0.3, -0.25) is 4.79 Å². The molecule has 0 amide bonds. The van der Waals surface area contributed by atoms with Gasteiger partial charge in [-0.2, -0.15) is 0 Å². The van der Waals surface area contributed by atoms with Crippen molar-refractivity contribution >= 4 is 43.6 Å². The first-order valence-corrected chi connectivity index (χ1v) is 9.31. The summed E-state index contributed by atoms with van der Waals surface area (Å²) in [7, 11) is 1.20. The number of nitrogens with zero attached hydrogens (tertiary/aromatic N) is 1. The predicted molar refractivity (Wildman–Crippen MR) is 96.0 cm³/mol. The smallest absolute Gasteiger partial charge is 0.345 e. The Morgan fingerprint density at radius 2 is 2.16 bits per heavy atom. The second kappa shape index (κ2) is 6.74. The number of hydrogen-bond acceptors (Lipinski definition) is 5. The lowest BCUT2D eigenvalue weighted by atomic mass is 9.79. The molecule has 0 unspecified atom stereocenters. The quantitative estimate of drug-likeness (QED) is 0.672. The number of carbonyl (C=O) groups excluding carboxylic acids is 2. The van der Waals surface area contributed by atoms with Crippen molar-refractivity contribution in [3.63, 3.8) is 0 Å². The monoisotopic (exact) mass is 473 g/mol. The van der Waals surface area contributed by atoms with Crippen molar-refractivity contribution in [2.75, 3.05) is 7.11 Å². The lowest BCUT2D eigenvalue weighted by Crippen LogP contribution is -2.45. The minimum absolute atomic E-state index is 0.274. The molecule has 3 rings (SSSR count). The van der Waals surface area contributed by atoms with Crippen molar-refractivity contribution in [2.45, 2.75) is 31.4 Å². The van der Waals surface area contributed by atoms with E-state index in [-0.39, 0.29) is 5.78 Å². The Bertz CT molecular complexity index is 813. The van der Waals surface area contributed by atoms with Crippen LogP contribution in [-0.4, -0.2) is 28.5 Å². The number of halogens is 2. The highest BCUT2D eigenvalue weighted by Gasteiger charge is 2.60. The van der Waals surface area contributed by atoms with Gasteiger partial charge < -0.3 is 18.8 Å². The summed E-state index contributed by atoms with van der Waals surface area (Å²) in [5.74, 6) is -1.27. The number of Topliss-reactive ketones (excluding diaryl/α,β-unsaturated/α-hetero) is 1. The SMILES string of the molecule is COC(=O)[C@]1(O)c2cc(Br)c(Br)n2[C@H](CCc2ccco2)[C@H]1C(C)=O. The number of fused-ring (bicyclic) bond motifs is 1. The molecule has 8 heteroatoms. The van der Waals surface area contributed by atoms with Gasteiger partial charge in [-0.25, -0.2) is 4.79 Å². The fourth-order valence-corrected chi connectivity index (χ4v) is 4.64. The molecule has 0 aromatic carbocycles. The van der Waals surface area contributed by atoms with Crippen molar-refractivity contribution in [1.82, 2.24) is 4.57 Å². The number of rotatable bonds is 5. The number of aliphatic hydroxyl groups is 1. The zero-order chi connectivity index (χ0) is 18.4. The van der Waals surface area contributed by atoms with Crippen LogP contribution in [-0.2, 0) is 26.3 Å². The molecular weight excluding hydrogens is 458 g/mol. The molecule has 0 aliphatic carbocycles. The van der Waals surface area contributed by atoms with E-state index < -0.39 is 23.5 Å². The van der Waals surface area contributed by atoms with Gasteiger partial charge in [-0.15, -0.1) is 0 Å². The van der Waals surface area contributed by atoms with Gasteiger partial charge >= 0.3 is 5.97 Å². The zero-order valence-corrected chi connectivity index (χ0v) is 16.8. The Balaban J connectivity index is 2.09. The standard InChI is InChI=1S/C17H17Br2NO5/c1-9(21)14-12(6-5-10-4-3-7-25-10)20-13(8-11(18)15(20)19)17(14,23)16(22)24-2/h3-4,7-8,12,14,23H,5-6H2,1-2H3/t12-,14-,17+/m1/s1. The van der Waals surface area contributed by atoms with Gasteiger partial charge in [0.05, 0.1) is 34.1 Å². The summed E-state index contributed by atoms with van der Waals surface area (Å²) in [4.78, 5) is 24.8. The van der Waals surface area contributed by atoms with E-state index in [0.717, 1.165) is 5.76 Å². The van der Waals surface area contributed by atoms with E-state index in [1.165, 1.54) is 14.0 Å². The number of esters is 1. The van der Waals surface area contributed by atoms with Crippen LogP contribution >= 0.6 is 31.9 Å². The minimum atomic E-state index is -2.02. The average molecular weight is 475 g/mol. The van der Waals surface area contributed by atoms with Crippen LogP contribution in [0.25, 0.3) is 0 Å². The van der Waals surface area contributed by atoms with Crippen LogP contribution in [0, 0.1) is 5.92 Å². The van der Waals surface area contributed by atoms with Gasteiger partial charge in [-0.1, -0.05) is 0 Å². The molecule has 134 valence electrons. The Morgan fingerprint density at radius 3 is 2.72 bits per heavy atom. The van der Waals surface area contributed by atoms with Crippen LogP contribution < -0.4 is 0 Å². The number of ketones is 1. The van der Waals surface area contributed by atoms with Gasteiger partial charge in [0.1, 0.15) is 11.5 Å². The third-order valence-electron chi connectivity index (χ3n) is 4.69. The number of aromatic nitrogens is 1. The number of furan rings is 1. The average Bonchev–Trinajstić information content (AvgIpc) is 3.24. The van der Waals surface area contributed by atoms with Gasteiger partial charge in [0.25, 0.3) is 0 Å². The lowest BCUT2D eigenvalue weighted by Gasteiger charge is -2.28. The molecule has 0 fully saturated rings. The second-order valence-electron chi connectivity index (χ2n) is 6.07. The fraction of sp³-hybridized carbons (Fsp3) is 0.412. The third kappa shape index (κ3) is 2.80. The summed E-state index contributed by atoms with van der Waals surface area (Å²) in [6, 6.07) is 4.88. The maximum Gasteiger partial charge on any atom is 0.345 e. The summed E-state index contributed by atoms with van der Waals surface area (Å²) in [6.45, 7) is 1.38. The van der Waals surface area contributed by atoms with E-state index in [0.29, 0.717) is 27.6 Å². The maximum absolute atomic E-state index is 12.4. The lowest BCUT2D eigenvalue weighted by molar-refractivity contribution is -0.172. The molecule has 0 radical (unpaired) electrons. The summed E-state index contributed by atoms with van der Waals surface area (Å²) in [6.07, 6.45) is 2.68. The van der Waals surface area contributed by atoms with E-state index in [1.54, 1.807) is 23.0 Å². The summed E-state index contributed by atoms with van der Waals surface area (Å²) in [5, 5.41) is 11.2. The molecule has 2 aromatic heterocycles. The molecule has 0 spiro atoms. The van der Waals surface area contributed by atoms with Crippen LogP contribution in [0.3, 0.4) is 0 Å². The maximum atomic E-state index is 12.4. The largest absolute Gasteiger partial charge is 0.469 e. The first-order valence-electron chi connectivity index (χ1n) is 7.72. The molecule has 25 heavy (non-hydrogen) atoms. The van der Waals surface area contributed by atoms with E-state index in [4.69, 9.17) is 9.15 Å². The van der Waals surface area contributed by atoms with Gasteiger partial charge in [0.15, 0.2) is 0 Å². The van der Waals surface area contributed by atoms with Crippen molar-refractivity contribution < 1.29 is 23.8 Å². The molecule has 1 aliphatic heterocycles. The van der Waals surface area contributed by atoms with E-state index in [1.807, 2.05) is 6.07 Å². The highest BCUT2D eigenvalue weighted by molar-refractivity contribution is 9.13. The molecule has 1 N–H and O–H groups in total. The Kier molecular flexibility index (Phi) is 4.96. The van der Waals surface area contributed by atoms with E-state index >= 15 is 0 Å². The molecule has 0 saturated heterocycles. The van der Waals surface area contributed by atoms with Crippen molar-refractivity contribution in [1.29, 1.82) is 0 Å². The van der Waals surface area contributed by atoms with E-state index in [9.17, 15) is 14.7 Å². The van der Waals surface area contributed by atoms with Crippen LogP contribution in [0.5, 0.6) is 0 Å². The summed E-state index contributed by atoms with van der Waals surface area (Å²) in [5.41, 5.74) is -1.69. The normalized spacial score (nSPS) is 25.0. The molecule has 3 atom stereocenters. The number of ether oxygens (including phenoxy) is 1. The summed E-state index contributed by atoms with van der Waals surface area (Å²) >= 11 is 6.88. The molecule has 2 aromatic rings. The van der Waals surface area contributed by atoms with Crippen LogP contribution in [0.15, 0.2) is 38.0 Å². The molecule has 3 heterocycles. The van der Waals surface area contributed by atoms with Crippen molar-refractivity contribution in [3.05, 3.63) is 45.0 Å². The second-order valence-corrected chi connectivity index (χ2v) is 7.68. The number of methoxy groups -OCH3 is 1. The van der Waals surface area contributed by atoms with E-state index in [2.05, 4.69) is 31.9 Å². The van der Waals surface area contributed by atoms with Crippen molar-refractivity contribution in [3.8, 4) is 0 Å². The number of aryl methyl sites for hydroxylation is 1. The van der Waals surface area contributed by atoms with Gasteiger partial charge in [0, 0.05) is 12.5 Å². The van der Waals surface area contributed by atoms with Crippen molar-refractivity contribution in [2.24, 2.45) is 5.92 Å². The summed E-state index contributed by atoms with van der Waals surface area (Å²) < 4.78 is 13.3. The van der Waals surface area contributed by atoms with Crippen LogP contribution in [0.2, 0.25) is 0 Å². The van der Waals surface area contributed by atoms with Crippen LogP contribution in [0.1, 0.15) is 30.8 Å². The molecule has 0 bridgehead atoms. The fourth-order valence-electron chi connectivity index (χ4n) is 3.67. The molecule has 0 saturated carbocycles. The topological polar surface area (TPSA) is 81.7 Å². The molecule has 6 nitrogen and oxygen atoms in total. The molecular formula is C17H17Br2NO5. The van der Waals surface area contributed by atoms with Gasteiger partial charge in [-0.05, 0) is 63.4 Å². The van der Waals surface area contributed by atoms with Crippen LogP contribution in [0.4, 0.5) is 0 Å². The highest BCUT2D eigenvalue weighted by atomic mass is 79.9. The molecule has 1 aliphatic rings. The Morgan fingerprint density at radius 1 is 1.44 bits per heavy atom. The third-order valence-corrected chi connectivity index (χ3v) is 6.64. The zero-order valence-electron chi connectivity index (χ0n) is 13.7. The predicted octanol–water partition coefficient (Wildman–Crippen LogP) is 3.36. The Labute approximate surface area is 161 Å². The Hall–Kier alpha value is -1.38. The first kappa shape index (κ1) is 18.4. The highest BCUT2D eigenvalue weighted by Crippen LogP contribution is 2.52.